The van der Waals surface area contributed by atoms with Crippen molar-refractivity contribution in [3.05, 3.63) is 0 Å². The summed E-state index contributed by atoms with van der Waals surface area (Å²) in [5, 5.41) is 3.29. The van der Waals surface area contributed by atoms with Gasteiger partial charge in [-0.05, 0) is 31.1 Å². The van der Waals surface area contributed by atoms with Crippen molar-refractivity contribution in [2.75, 3.05) is 23.9 Å². The third kappa shape index (κ3) is 3.93. The van der Waals surface area contributed by atoms with Crippen LogP contribution in [0.25, 0.3) is 0 Å². The summed E-state index contributed by atoms with van der Waals surface area (Å²) in [5.41, 5.74) is 2.87. The molecule has 0 spiro atoms. The standard InChI is InChI=1S/C13H24N6O/c1-3-5-13(6-7-13)9-15-10-16-11(19-14)18-12(17-10)20-8-4-2/h3-9,14H2,1-2H3,(H2,15,16,17,18,19). The third-order valence-electron chi connectivity index (χ3n) is 3.54. The largest absolute Gasteiger partial charge is 0.463 e. The minimum Gasteiger partial charge on any atom is -0.463 e. The Bertz CT molecular complexity index is 435. The summed E-state index contributed by atoms with van der Waals surface area (Å²) in [6, 6.07) is 0.303. The maximum atomic E-state index is 5.44. The number of nitrogen functional groups attached to an aromatic ring is 1. The molecule has 0 radical (unpaired) electrons. The molecule has 0 amide bonds. The summed E-state index contributed by atoms with van der Waals surface area (Å²) < 4.78 is 5.44. The molecule has 0 saturated heterocycles. The van der Waals surface area contributed by atoms with E-state index in [1.807, 2.05) is 6.92 Å². The molecule has 1 aromatic rings. The lowest BCUT2D eigenvalue weighted by Gasteiger charge is -2.15. The molecule has 7 heteroatoms. The lowest BCUT2D eigenvalue weighted by molar-refractivity contribution is 0.292. The summed E-state index contributed by atoms with van der Waals surface area (Å²) >= 11 is 0. The first-order valence-electron chi connectivity index (χ1n) is 7.31. The number of anilines is 2. The molecule has 2 rings (SSSR count). The second-order valence-corrected chi connectivity index (χ2v) is 5.36. The second-order valence-electron chi connectivity index (χ2n) is 5.36. The molecular formula is C13H24N6O. The highest BCUT2D eigenvalue weighted by atomic mass is 16.5. The van der Waals surface area contributed by atoms with E-state index in [4.69, 9.17) is 10.6 Å². The van der Waals surface area contributed by atoms with Gasteiger partial charge in [-0.2, -0.15) is 15.0 Å². The molecule has 1 aromatic heterocycles. The van der Waals surface area contributed by atoms with Gasteiger partial charge in [-0.1, -0.05) is 20.3 Å². The van der Waals surface area contributed by atoms with E-state index in [0.29, 0.717) is 29.9 Å². The average Bonchev–Trinajstić information content (AvgIpc) is 3.23. The predicted molar refractivity (Wildman–Crippen MR) is 78.5 cm³/mol. The van der Waals surface area contributed by atoms with Gasteiger partial charge in [-0.15, -0.1) is 0 Å². The van der Waals surface area contributed by atoms with Crippen molar-refractivity contribution in [2.24, 2.45) is 11.3 Å². The average molecular weight is 280 g/mol. The summed E-state index contributed by atoms with van der Waals surface area (Å²) in [6.45, 7) is 5.72. The molecule has 0 aliphatic heterocycles. The number of aromatic nitrogens is 3. The third-order valence-corrected chi connectivity index (χ3v) is 3.54. The quantitative estimate of drug-likeness (QED) is 0.469. The number of hydrazine groups is 1. The van der Waals surface area contributed by atoms with Crippen LogP contribution in [0.1, 0.15) is 46.0 Å². The second kappa shape index (κ2) is 6.69. The molecule has 1 heterocycles. The molecule has 7 nitrogen and oxygen atoms in total. The van der Waals surface area contributed by atoms with Crippen molar-refractivity contribution in [1.29, 1.82) is 0 Å². The van der Waals surface area contributed by atoms with Crippen LogP contribution in [0.2, 0.25) is 0 Å². The highest BCUT2D eigenvalue weighted by Gasteiger charge is 2.41. The zero-order chi connectivity index (χ0) is 14.4. The van der Waals surface area contributed by atoms with Crippen LogP contribution in [0.5, 0.6) is 6.01 Å². The van der Waals surface area contributed by atoms with E-state index >= 15 is 0 Å². The molecule has 1 aliphatic rings. The Kier molecular flexibility index (Phi) is 4.94. The molecule has 0 atom stereocenters. The Balaban J connectivity index is 1.99. The Hall–Kier alpha value is -1.63. The van der Waals surface area contributed by atoms with Crippen molar-refractivity contribution in [3.63, 3.8) is 0 Å². The maximum Gasteiger partial charge on any atom is 0.323 e. The smallest absolute Gasteiger partial charge is 0.323 e. The minimum absolute atomic E-state index is 0.303. The minimum atomic E-state index is 0.303. The maximum absolute atomic E-state index is 5.44. The van der Waals surface area contributed by atoms with E-state index in [9.17, 15) is 0 Å². The highest BCUT2D eigenvalue weighted by Crippen LogP contribution is 2.49. The van der Waals surface area contributed by atoms with E-state index < -0.39 is 0 Å². The fourth-order valence-electron chi connectivity index (χ4n) is 2.25. The first kappa shape index (κ1) is 14.8. The molecule has 1 aliphatic carbocycles. The van der Waals surface area contributed by atoms with Gasteiger partial charge in [0.05, 0.1) is 6.61 Å². The number of nitrogens with zero attached hydrogens (tertiary/aromatic N) is 3. The first-order valence-corrected chi connectivity index (χ1v) is 7.31. The van der Waals surface area contributed by atoms with Crippen LogP contribution in [0.4, 0.5) is 11.9 Å². The Morgan fingerprint density at radius 1 is 1.15 bits per heavy atom. The summed E-state index contributed by atoms with van der Waals surface area (Å²) in [6.07, 6.45) is 5.91. The van der Waals surface area contributed by atoms with Gasteiger partial charge in [0.1, 0.15) is 0 Å². The van der Waals surface area contributed by atoms with Crippen molar-refractivity contribution < 1.29 is 4.74 Å². The summed E-state index contributed by atoms with van der Waals surface area (Å²) in [7, 11) is 0. The lowest BCUT2D eigenvalue weighted by atomic mass is 10.0. The molecule has 20 heavy (non-hydrogen) atoms. The molecule has 0 bridgehead atoms. The summed E-state index contributed by atoms with van der Waals surface area (Å²) in [4.78, 5) is 12.5. The van der Waals surface area contributed by atoms with Crippen molar-refractivity contribution in [1.82, 2.24) is 15.0 Å². The van der Waals surface area contributed by atoms with Crippen molar-refractivity contribution in [3.8, 4) is 6.01 Å². The van der Waals surface area contributed by atoms with Crippen LogP contribution in [0.15, 0.2) is 0 Å². The van der Waals surface area contributed by atoms with Crippen LogP contribution in [0, 0.1) is 5.41 Å². The fraction of sp³-hybridized carbons (Fsp3) is 0.769. The van der Waals surface area contributed by atoms with E-state index in [1.54, 1.807) is 0 Å². The van der Waals surface area contributed by atoms with E-state index in [2.05, 4.69) is 32.6 Å². The van der Waals surface area contributed by atoms with E-state index in [1.165, 1.54) is 25.7 Å². The summed E-state index contributed by atoms with van der Waals surface area (Å²) in [5.74, 6) is 6.20. The topological polar surface area (TPSA) is 98.0 Å². The molecule has 1 saturated carbocycles. The molecule has 1 fully saturated rings. The number of hydrogen-bond acceptors (Lipinski definition) is 7. The zero-order valence-electron chi connectivity index (χ0n) is 12.3. The molecule has 4 N–H and O–H groups in total. The number of nitrogens with one attached hydrogen (secondary N) is 2. The van der Waals surface area contributed by atoms with Gasteiger partial charge in [0.2, 0.25) is 11.9 Å². The van der Waals surface area contributed by atoms with Crippen LogP contribution in [0.3, 0.4) is 0 Å². The Labute approximate surface area is 119 Å². The van der Waals surface area contributed by atoms with Crippen molar-refractivity contribution in [2.45, 2.75) is 46.0 Å². The molecule has 0 aromatic carbocycles. The van der Waals surface area contributed by atoms with Gasteiger partial charge >= 0.3 is 6.01 Å². The van der Waals surface area contributed by atoms with Gasteiger partial charge in [0.25, 0.3) is 0 Å². The zero-order valence-corrected chi connectivity index (χ0v) is 12.3. The number of ether oxygens (including phenoxy) is 1. The fourth-order valence-corrected chi connectivity index (χ4v) is 2.25. The van der Waals surface area contributed by atoms with Crippen LogP contribution in [-0.2, 0) is 0 Å². The van der Waals surface area contributed by atoms with Crippen LogP contribution in [-0.4, -0.2) is 28.1 Å². The van der Waals surface area contributed by atoms with Gasteiger partial charge in [0, 0.05) is 6.54 Å². The highest BCUT2D eigenvalue weighted by molar-refractivity contribution is 5.35. The van der Waals surface area contributed by atoms with Crippen LogP contribution >= 0.6 is 0 Å². The normalized spacial score (nSPS) is 15.8. The SMILES string of the molecule is CCCOc1nc(NN)nc(NCC2(CCC)CC2)n1. The van der Waals surface area contributed by atoms with Crippen LogP contribution < -0.4 is 21.3 Å². The monoisotopic (exact) mass is 280 g/mol. The lowest BCUT2D eigenvalue weighted by Crippen LogP contribution is -2.19. The van der Waals surface area contributed by atoms with Gasteiger partial charge in [0.15, 0.2) is 0 Å². The number of hydrogen-bond donors (Lipinski definition) is 3. The van der Waals surface area contributed by atoms with Gasteiger partial charge < -0.3 is 10.1 Å². The molecule has 0 unspecified atom stereocenters. The van der Waals surface area contributed by atoms with Gasteiger partial charge in [-0.3, -0.25) is 5.43 Å². The molecule has 112 valence electrons. The van der Waals surface area contributed by atoms with E-state index in [-0.39, 0.29) is 0 Å². The van der Waals surface area contributed by atoms with Crippen molar-refractivity contribution >= 4 is 11.9 Å². The van der Waals surface area contributed by atoms with E-state index in [0.717, 1.165) is 13.0 Å². The first-order chi connectivity index (χ1) is 9.71. The number of rotatable bonds is 9. The molecular weight excluding hydrogens is 256 g/mol. The predicted octanol–water partition coefficient (Wildman–Crippen LogP) is 1.94. The Morgan fingerprint density at radius 2 is 1.90 bits per heavy atom. The van der Waals surface area contributed by atoms with Gasteiger partial charge in [-0.25, -0.2) is 5.84 Å². The Morgan fingerprint density at radius 3 is 2.50 bits per heavy atom. The number of nitrogens with two attached hydrogens (primary N) is 1.